The van der Waals surface area contributed by atoms with E-state index in [0.717, 1.165) is 17.9 Å². The summed E-state index contributed by atoms with van der Waals surface area (Å²) in [6.45, 7) is 6.49. The van der Waals surface area contributed by atoms with E-state index in [-0.39, 0.29) is 0 Å². The number of hydrogen-bond acceptors (Lipinski definition) is 3. The lowest BCUT2D eigenvalue weighted by molar-refractivity contribution is 0.301. The number of benzene rings is 1. The zero-order valence-electron chi connectivity index (χ0n) is 11.9. The van der Waals surface area contributed by atoms with Crippen LogP contribution in [-0.4, -0.2) is 6.54 Å². The molecule has 1 aromatic heterocycles. The first-order valence-electron chi connectivity index (χ1n) is 6.80. The smallest absolute Gasteiger partial charge is 0.138 e. The number of para-hydroxylation sites is 1. The highest BCUT2D eigenvalue weighted by Gasteiger charge is 2.08. The summed E-state index contributed by atoms with van der Waals surface area (Å²) in [6, 6.07) is 9.40. The largest absolute Gasteiger partial charge is 0.487 e. The van der Waals surface area contributed by atoms with Gasteiger partial charge in [-0.25, -0.2) is 0 Å². The lowest BCUT2D eigenvalue weighted by Gasteiger charge is -2.09. The molecular formula is C16H20ClNO2. The minimum Gasteiger partial charge on any atom is -0.487 e. The van der Waals surface area contributed by atoms with E-state index in [9.17, 15) is 0 Å². The summed E-state index contributed by atoms with van der Waals surface area (Å²) >= 11 is 6.06. The van der Waals surface area contributed by atoms with Crippen LogP contribution in [0.15, 0.2) is 41.0 Å². The van der Waals surface area contributed by atoms with Gasteiger partial charge in [0.15, 0.2) is 0 Å². The maximum Gasteiger partial charge on any atom is 0.138 e. The molecule has 0 atom stereocenters. The van der Waals surface area contributed by atoms with Crippen LogP contribution in [0.4, 0.5) is 0 Å². The van der Waals surface area contributed by atoms with Gasteiger partial charge in [-0.3, -0.25) is 0 Å². The summed E-state index contributed by atoms with van der Waals surface area (Å²) in [4.78, 5) is 0. The summed E-state index contributed by atoms with van der Waals surface area (Å²) in [5, 5.41) is 3.98. The van der Waals surface area contributed by atoms with Crippen LogP contribution >= 0.6 is 11.6 Å². The van der Waals surface area contributed by atoms with Crippen molar-refractivity contribution in [1.29, 1.82) is 0 Å². The van der Waals surface area contributed by atoms with Gasteiger partial charge >= 0.3 is 0 Å². The molecular weight excluding hydrogens is 274 g/mol. The molecule has 2 rings (SSSR count). The van der Waals surface area contributed by atoms with Crippen molar-refractivity contribution in [2.75, 3.05) is 6.54 Å². The second-order valence-electron chi connectivity index (χ2n) is 5.11. The SMILES string of the molecule is CC(C)CNCc1occc1COc1ccccc1Cl. The average Bonchev–Trinajstić information content (AvgIpc) is 2.85. The summed E-state index contributed by atoms with van der Waals surface area (Å²) in [7, 11) is 0. The molecule has 0 bridgehead atoms. The predicted octanol–water partition coefficient (Wildman–Crippen LogP) is 4.26. The van der Waals surface area contributed by atoms with Gasteiger partial charge in [0.05, 0.1) is 17.8 Å². The molecule has 0 amide bonds. The molecule has 3 nitrogen and oxygen atoms in total. The topological polar surface area (TPSA) is 34.4 Å². The molecule has 4 heteroatoms. The highest BCUT2D eigenvalue weighted by molar-refractivity contribution is 6.32. The van der Waals surface area contributed by atoms with Crippen molar-refractivity contribution in [2.24, 2.45) is 5.92 Å². The van der Waals surface area contributed by atoms with Gasteiger partial charge in [-0.1, -0.05) is 37.6 Å². The maximum absolute atomic E-state index is 6.06. The highest BCUT2D eigenvalue weighted by atomic mass is 35.5. The predicted molar refractivity (Wildman–Crippen MR) is 81.0 cm³/mol. The van der Waals surface area contributed by atoms with Crippen molar-refractivity contribution < 1.29 is 9.15 Å². The Hall–Kier alpha value is -1.45. The zero-order valence-corrected chi connectivity index (χ0v) is 12.6. The van der Waals surface area contributed by atoms with E-state index in [1.54, 1.807) is 6.26 Å². The molecule has 0 saturated heterocycles. The Balaban J connectivity index is 1.90. The molecule has 0 aliphatic heterocycles. The molecule has 1 aromatic carbocycles. The second-order valence-corrected chi connectivity index (χ2v) is 5.52. The van der Waals surface area contributed by atoms with E-state index in [1.165, 1.54) is 0 Å². The minimum absolute atomic E-state index is 0.457. The molecule has 0 aliphatic carbocycles. The zero-order chi connectivity index (χ0) is 14.4. The third-order valence-corrected chi connectivity index (χ3v) is 3.21. The fraction of sp³-hybridized carbons (Fsp3) is 0.375. The number of hydrogen-bond donors (Lipinski definition) is 1. The molecule has 0 aliphatic rings. The first kappa shape index (κ1) is 14.9. The summed E-state index contributed by atoms with van der Waals surface area (Å²) < 4.78 is 11.2. The van der Waals surface area contributed by atoms with Crippen molar-refractivity contribution in [3.8, 4) is 5.75 Å². The summed E-state index contributed by atoms with van der Waals surface area (Å²) in [5.41, 5.74) is 1.04. The molecule has 1 heterocycles. The third kappa shape index (κ3) is 4.29. The molecule has 108 valence electrons. The normalized spacial score (nSPS) is 11.0. The quantitative estimate of drug-likeness (QED) is 0.828. The van der Waals surface area contributed by atoms with Gasteiger partial charge in [-0.2, -0.15) is 0 Å². The van der Waals surface area contributed by atoms with Gasteiger partial charge in [-0.15, -0.1) is 0 Å². The van der Waals surface area contributed by atoms with E-state index in [2.05, 4.69) is 19.2 Å². The van der Waals surface area contributed by atoms with Crippen LogP contribution in [0.2, 0.25) is 5.02 Å². The summed E-state index contributed by atoms with van der Waals surface area (Å²) in [6.07, 6.45) is 1.69. The standard InChI is InChI=1S/C16H20ClNO2/c1-12(2)9-18-10-16-13(7-8-19-16)11-20-15-6-4-3-5-14(15)17/h3-8,12,18H,9-11H2,1-2H3. The van der Waals surface area contributed by atoms with E-state index in [1.807, 2.05) is 30.3 Å². The molecule has 0 saturated carbocycles. The van der Waals surface area contributed by atoms with E-state index >= 15 is 0 Å². The highest BCUT2D eigenvalue weighted by Crippen LogP contribution is 2.24. The number of rotatable bonds is 7. The van der Waals surface area contributed by atoms with Gasteiger partial charge in [0.1, 0.15) is 18.1 Å². The Bertz CT molecular complexity index is 537. The van der Waals surface area contributed by atoms with Gasteiger partial charge < -0.3 is 14.5 Å². The fourth-order valence-electron chi connectivity index (χ4n) is 1.84. The van der Waals surface area contributed by atoms with E-state index < -0.39 is 0 Å². The van der Waals surface area contributed by atoms with Crippen molar-refractivity contribution in [3.63, 3.8) is 0 Å². The van der Waals surface area contributed by atoms with Gasteiger partial charge in [0, 0.05) is 5.56 Å². The Morgan fingerprint density at radius 3 is 2.80 bits per heavy atom. The molecule has 0 radical (unpaired) electrons. The molecule has 2 aromatic rings. The van der Waals surface area contributed by atoms with Crippen LogP contribution in [0.25, 0.3) is 0 Å². The minimum atomic E-state index is 0.457. The Morgan fingerprint density at radius 1 is 1.25 bits per heavy atom. The number of halogens is 1. The van der Waals surface area contributed by atoms with Crippen LogP contribution < -0.4 is 10.1 Å². The fourth-order valence-corrected chi connectivity index (χ4v) is 2.03. The van der Waals surface area contributed by atoms with Gasteiger partial charge in [0.2, 0.25) is 0 Å². The van der Waals surface area contributed by atoms with Crippen molar-refractivity contribution >= 4 is 11.6 Å². The monoisotopic (exact) mass is 293 g/mol. The summed E-state index contributed by atoms with van der Waals surface area (Å²) in [5.74, 6) is 2.22. The third-order valence-electron chi connectivity index (χ3n) is 2.90. The van der Waals surface area contributed by atoms with Crippen LogP contribution in [0.5, 0.6) is 5.75 Å². The van der Waals surface area contributed by atoms with E-state index in [0.29, 0.717) is 29.8 Å². The van der Waals surface area contributed by atoms with Crippen LogP contribution in [-0.2, 0) is 13.2 Å². The molecule has 20 heavy (non-hydrogen) atoms. The number of nitrogens with one attached hydrogen (secondary N) is 1. The van der Waals surface area contributed by atoms with E-state index in [4.69, 9.17) is 20.8 Å². The average molecular weight is 294 g/mol. The molecule has 0 spiro atoms. The molecule has 1 N–H and O–H groups in total. The van der Waals surface area contributed by atoms with Crippen molar-refractivity contribution in [2.45, 2.75) is 27.0 Å². The molecule has 0 unspecified atom stereocenters. The van der Waals surface area contributed by atoms with Gasteiger partial charge in [0.25, 0.3) is 0 Å². The Labute approximate surface area is 124 Å². The number of ether oxygens (including phenoxy) is 1. The van der Waals surface area contributed by atoms with Crippen LogP contribution in [0.1, 0.15) is 25.2 Å². The Morgan fingerprint density at radius 2 is 2.05 bits per heavy atom. The first-order chi connectivity index (χ1) is 9.66. The number of furan rings is 1. The lowest BCUT2D eigenvalue weighted by atomic mass is 10.2. The second kappa shape index (κ2) is 7.36. The van der Waals surface area contributed by atoms with Crippen molar-refractivity contribution in [3.05, 3.63) is 52.9 Å². The molecule has 0 fully saturated rings. The maximum atomic E-state index is 6.06. The Kier molecular flexibility index (Phi) is 5.50. The van der Waals surface area contributed by atoms with Crippen LogP contribution in [0.3, 0.4) is 0 Å². The lowest BCUT2D eigenvalue weighted by Crippen LogP contribution is -2.19. The van der Waals surface area contributed by atoms with Crippen molar-refractivity contribution in [1.82, 2.24) is 5.32 Å². The van der Waals surface area contributed by atoms with Gasteiger partial charge in [-0.05, 0) is 30.7 Å². The van der Waals surface area contributed by atoms with Crippen LogP contribution in [0, 0.1) is 5.92 Å². The first-order valence-corrected chi connectivity index (χ1v) is 7.18.